The number of guanidine groups is 1. The number of nitrogens with zero attached hydrogens (tertiary/aromatic N) is 2. The maximum Gasteiger partial charge on any atom is 0.188 e. The highest BCUT2D eigenvalue weighted by Gasteiger charge is 2.26. The van der Waals surface area contributed by atoms with Gasteiger partial charge in [0, 0.05) is 19.1 Å². The Bertz CT molecular complexity index is 202. The first-order valence-corrected chi connectivity index (χ1v) is 5.60. The Morgan fingerprint density at radius 3 is 2.14 bits per heavy atom. The first kappa shape index (κ1) is 9.77. The molecule has 0 aromatic heterocycles. The van der Waals surface area contributed by atoms with Crippen LogP contribution >= 0.6 is 0 Å². The maximum atomic E-state index is 7.35. The Morgan fingerprint density at radius 1 is 1.07 bits per heavy atom. The third-order valence-corrected chi connectivity index (χ3v) is 3.46. The molecule has 2 fully saturated rings. The molecule has 0 saturated carbocycles. The second kappa shape index (κ2) is 4.17. The molecular weight excluding hydrogens is 176 g/mol. The highest BCUT2D eigenvalue weighted by molar-refractivity contribution is 5.74. The van der Waals surface area contributed by atoms with Gasteiger partial charge in [0.15, 0.2) is 5.96 Å². The molecule has 2 aliphatic rings. The van der Waals surface area contributed by atoms with Crippen molar-refractivity contribution in [2.45, 2.75) is 31.7 Å². The average molecular weight is 196 g/mol. The van der Waals surface area contributed by atoms with Gasteiger partial charge in [-0.2, -0.15) is 0 Å². The number of nitrogens with one attached hydrogen (secondary N) is 1. The van der Waals surface area contributed by atoms with Crippen molar-refractivity contribution in [2.75, 3.05) is 26.2 Å². The lowest BCUT2D eigenvalue weighted by atomic mass is 10.0. The Labute approximate surface area is 85.6 Å². The SMILES string of the molecule is N=C(N)N1CCC(N2CCCC2)CC1. The Kier molecular flexibility index (Phi) is 2.91. The van der Waals surface area contributed by atoms with Gasteiger partial charge < -0.3 is 15.5 Å². The summed E-state index contributed by atoms with van der Waals surface area (Å²) in [5.41, 5.74) is 5.46. The summed E-state index contributed by atoms with van der Waals surface area (Å²) in [6, 6.07) is 0.757. The van der Waals surface area contributed by atoms with Gasteiger partial charge in [-0.1, -0.05) is 0 Å². The Hall–Kier alpha value is -0.770. The van der Waals surface area contributed by atoms with E-state index in [0.29, 0.717) is 0 Å². The first-order chi connectivity index (χ1) is 6.77. The van der Waals surface area contributed by atoms with Crippen molar-refractivity contribution in [1.82, 2.24) is 9.80 Å². The van der Waals surface area contributed by atoms with E-state index in [2.05, 4.69) is 4.90 Å². The van der Waals surface area contributed by atoms with Crippen LogP contribution in [0.1, 0.15) is 25.7 Å². The number of rotatable bonds is 1. The minimum absolute atomic E-state index is 0.241. The monoisotopic (exact) mass is 196 g/mol. The second-order valence-electron chi connectivity index (χ2n) is 4.35. The predicted molar refractivity (Wildman–Crippen MR) is 57.3 cm³/mol. The van der Waals surface area contributed by atoms with Crippen LogP contribution in [-0.4, -0.2) is 48.0 Å². The van der Waals surface area contributed by atoms with E-state index >= 15 is 0 Å². The van der Waals surface area contributed by atoms with Gasteiger partial charge >= 0.3 is 0 Å². The van der Waals surface area contributed by atoms with E-state index < -0.39 is 0 Å². The minimum atomic E-state index is 0.241. The largest absolute Gasteiger partial charge is 0.370 e. The highest BCUT2D eigenvalue weighted by atomic mass is 15.3. The van der Waals surface area contributed by atoms with E-state index in [0.717, 1.165) is 19.1 Å². The third kappa shape index (κ3) is 2.00. The molecule has 2 heterocycles. The molecule has 0 aliphatic carbocycles. The summed E-state index contributed by atoms with van der Waals surface area (Å²) in [5.74, 6) is 0.241. The lowest BCUT2D eigenvalue weighted by Gasteiger charge is -2.36. The molecule has 80 valence electrons. The normalized spacial score (nSPS) is 25.6. The molecule has 4 heteroatoms. The molecule has 0 amide bonds. The number of nitrogens with two attached hydrogens (primary N) is 1. The van der Waals surface area contributed by atoms with Gasteiger partial charge in [0.05, 0.1) is 0 Å². The maximum absolute atomic E-state index is 7.35. The van der Waals surface area contributed by atoms with Crippen molar-refractivity contribution in [3.63, 3.8) is 0 Å². The molecule has 2 rings (SSSR count). The third-order valence-electron chi connectivity index (χ3n) is 3.46. The van der Waals surface area contributed by atoms with Gasteiger partial charge in [0.2, 0.25) is 0 Å². The van der Waals surface area contributed by atoms with E-state index in [1.807, 2.05) is 4.90 Å². The van der Waals surface area contributed by atoms with Crippen LogP contribution in [0.25, 0.3) is 0 Å². The molecular formula is C10H20N4. The van der Waals surface area contributed by atoms with Crippen molar-refractivity contribution in [2.24, 2.45) is 5.73 Å². The van der Waals surface area contributed by atoms with E-state index in [1.165, 1.54) is 38.8 Å². The number of piperidine rings is 1. The van der Waals surface area contributed by atoms with Crippen LogP contribution < -0.4 is 5.73 Å². The smallest absolute Gasteiger partial charge is 0.188 e. The van der Waals surface area contributed by atoms with E-state index in [1.54, 1.807) is 0 Å². The van der Waals surface area contributed by atoms with Crippen molar-refractivity contribution >= 4 is 5.96 Å². The standard InChI is InChI=1S/C10H20N4/c11-10(12)14-7-3-9(4-8-14)13-5-1-2-6-13/h9H,1-8H2,(H3,11,12). The molecule has 2 aliphatic heterocycles. The first-order valence-electron chi connectivity index (χ1n) is 5.60. The van der Waals surface area contributed by atoms with Gasteiger partial charge in [-0.05, 0) is 38.8 Å². The predicted octanol–water partition coefficient (Wildman–Crippen LogP) is 0.440. The number of hydrogen-bond acceptors (Lipinski definition) is 2. The van der Waals surface area contributed by atoms with Crippen molar-refractivity contribution in [3.8, 4) is 0 Å². The fourth-order valence-corrected chi connectivity index (χ4v) is 2.58. The zero-order valence-corrected chi connectivity index (χ0v) is 8.71. The van der Waals surface area contributed by atoms with Crippen LogP contribution in [0.2, 0.25) is 0 Å². The summed E-state index contributed by atoms with van der Waals surface area (Å²) in [6.45, 7) is 4.50. The van der Waals surface area contributed by atoms with Gasteiger partial charge in [0.1, 0.15) is 0 Å². The Morgan fingerprint density at radius 2 is 1.64 bits per heavy atom. The van der Waals surface area contributed by atoms with Crippen molar-refractivity contribution in [1.29, 1.82) is 5.41 Å². The summed E-state index contributed by atoms with van der Waals surface area (Å²) in [6.07, 6.45) is 5.10. The molecule has 4 nitrogen and oxygen atoms in total. The van der Waals surface area contributed by atoms with Crippen LogP contribution in [-0.2, 0) is 0 Å². The molecule has 0 aromatic rings. The lowest BCUT2D eigenvalue weighted by molar-refractivity contribution is 0.162. The van der Waals surface area contributed by atoms with Crippen LogP contribution in [0.4, 0.5) is 0 Å². The average Bonchev–Trinajstić information content (AvgIpc) is 2.71. The van der Waals surface area contributed by atoms with Crippen LogP contribution in [0.5, 0.6) is 0 Å². The molecule has 0 aromatic carbocycles. The van der Waals surface area contributed by atoms with E-state index in [-0.39, 0.29) is 5.96 Å². The molecule has 0 radical (unpaired) electrons. The molecule has 0 atom stereocenters. The topological polar surface area (TPSA) is 56.4 Å². The van der Waals surface area contributed by atoms with Crippen molar-refractivity contribution in [3.05, 3.63) is 0 Å². The molecule has 0 spiro atoms. The quantitative estimate of drug-likeness (QED) is 0.472. The molecule has 2 saturated heterocycles. The van der Waals surface area contributed by atoms with Crippen LogP contribution in [0, 0.1) is 5.41 Å². The minimum Gasteiger partial charge on any atom is -0.370 e. The lowest BCUT2D eigenvalue weighted by Crippen LogP contribution is -2.47. The number of likely N-dealkylation sites (tertiary alicyclic amines) is 2. The highest BCUT2D eigenvalue weighted by Crippen LogP contribution is 2.20. The zero-order valence-electron chi connectivity index (χ0n) is 8.71. The number of hydrogen-bond donors (Lipinski definition) is 2. The molecule has 14 heavy (non-hydrogen) atoms. The van der Waals surface area contributed by atoms with Gasteiger partial charge in [-0.3, -0.25) is 5.41 Å². The zero-order chi connectivity index (χ0) is 9.97. The van der Waals surface area contributed by atoms with E-state index in [4.69, 9.17) is 11.1 Å². The molecule has 0 unspecified atom stereocenters. The fourth-order valence-electron chi connectivity index (χ4n) is 2.58. The van der Waals surface area contributed by atoms with Gasteiger partial charge in [0.25, 0.3) is 0 Å². The molecule has 0 bridgehead atoms. The summed E-state index contributed by atoms with van der Waals surface area (Å²) >= 11 is 0. The van der Waals surface area contributed by atoms with Crippen LogP contribution in [0.3, 0.4) is 0 Å². The summed E-state index contributed by atoms with van der Waals surface area (Å²) in [5, 5.41) is 7.35. The second-order valence-corrected chi connectivity index (χ2v) is 4.35. The van der Waals surface area contributed by atoms with Crippen molar-refractivity contribution < 1.29 is 0 Å². The Balaban J connectivity index is 1.80. The summed E-state index contributed by atoms with van der Waals surface area (Å²) in [4.78, 5) is 4.59. The van der Waals surface area contributed by atoms with Gasteiger partial charge in [-0.25, -0.2) is 0 Å². The van der Waals surface area contributed by atoms with Gasteiger partial charge in [-0.15, -0.1) is 0 Å². The summed E-state index contributed by atoms with van der Waals surface area (Å²) < 4.78 is 0. The van der Waals surface area contributed by atoms with Crippen LogP contribution in [0.15, 0.2) is 0 Å². The van der Waals surface area contributed by atoms with E-state index in [9.17, 15) is 0 Å². The fraction of sp³-hybridized carbons (Fsp3) is 0.900. The molecule has 3 N–H and O–H groups in total. The summed E-state index contributed by atoms with van der Waals surface area (Å²) in [7, 11) is 0.